The van der Waals surface area contributed by atoms with Crippen LogP contribution in [0.3, 0.4) is 0 Å². The van der Waals surface area contributed by atoms with E-state index >= 15 is 0 Å². The number of aryl methyl sites for hydroxylation is 3. The van der Waals surface area contributed by atoms with Crippen LogP contribution in [0.5, 0.6) is 0 Å². The third kappa shape index (κ3) is 7.34. The smallest absolute Gasteiger partial charge is 0.261 e. The Kier molecular flexibility index (Phi) is 7.95. The summed E-state index contributed by atoms with van der Waals surface area (Å²) in [5.41, 5.74) is 3.91. The average molecular weight is 432 g/mol. The minimum Gasteiger partial charge on any atom is -0.755 e. The van der Waals surface area contributed by atoms with Gasteiger partial charge in [-0.1, -0.05) is 65.2 Å². The molecule has 1 atom stereocenters. The number of para-hydroxylation sites is 2. The highest BCUT2D eigenvalue weighted by Gasteiger charge is 2.15. The van der Waals surface area contributed by atoms with E-state index in [2.05, 4.69) is 47.6 Å². The van der Waals surface area contributed by atoms with E-state index in [0.29, 0.717) is 0 Å². The Morgan fingerprint density at radius 3 is 1.59 bits per heavy atom. The highest BCUT2D eigenvalue weighted by molar-refractivity contribution is 7.92. The van der Waals surface area contributed by atoms with Gasteiger partial charge in [0, 0.05) is 11.3 Å². The maximum Gasteiger partial charge on any atom is 0.261 e. The van der Waals surface area contributed by atoms with E-state index in [9.17, 15) is 17.2 Å². The second-order valence-corrected chi connectivity index (χ2v) is 8.81. The Labute approximate surface area is 174 Å². The minimum atomic E-state index is -3.78. The van der Waals surface area contributed by atoms with Crippen molar-refractivity contribution >= 4 is 32.7 Å². The number of hydrogen-bond donors (Lipinski definition) is 2. The summed E-state index contributed by atoms with van der Waals surface area (Å²) in [4.78, 5) is 0.103. The Morgan fingerprint density at radius 2 is 1.14 bits per heavy atom. The number of benzene rings is 3. The molecule has 2 N–H and O–H groups in total. The first-order valence-corrected chi connectivity index (χ1v) is 11.3. The van der Waals surface area contributed by atoms with Gasteiger partial charge in [-0.15, -0.1) is 0 Å². The largest absolute Gasteiger partial charge is 0.755 e. The fourth-order valence-corrected chi connectivity index (χ4v) is 3.75. The number of sulfonamides is 1. The summed E-state index contributed by atoms with van der Waals surface area (Å²) in [5.74, 6) is 0. The monoisotopic (exact) mass is 431 g/mol. The number of anilines is 2. The van der Waals surface area contributed by atoms with E-state index in [1.165, 1.54) is 35.4 Å². The molecule has 3 aromatic rings. The van der Waals surface area contributed by atoms with Gasteiger partial charge in [0.1, 0.15) is 0 Å². The van der Waals surface area contributed by atoms with Crippen molar-refractivity contribution in [2.24, 2.45) is 0 Å². The van der Waals surface area contributed by atoms with Crippen LogP contribution in [-0.2, 0) is 21.3 Å². The lowest BCUT2D eigenvalue weighted by molar-refractivity contribution is 0.542. The maximum absolute atomic E-state index is 12.3. The van der Waals surface area contributed by atoms with Crippen LogP contribution in [0.1, 0.15) is 16.7 Å². The standard InChI is InChI=1S/C13H14N2O4S2.C8H10/c1-10-6-8-11(9-7-10)21(18,19)15-13-5-3-2-4-12(13)14-20(16)17;1-7-3-5-8(2)6-4-7/h2-9,14-15H,1H3,(H,16,17);3-6H,1-2H3/p-1. The molecule has 0 heterocycles. The molecule has 0 fully saturated rings. The number of rotatable bonds is 5. The Balaban J connectivity index is 0.000000313. The topological polar surface area (TPSA) is 98.3 Å². The molecule has 8 heteroatoms. The van der Waals surface area contributed by atoms with E-state index in [1.54, 1.807) is 24.3 Å². The highest BCUT2D eigenvalue weighted by atomic mass is 32.2. The van der Waals surface area contributed by atoms with Crippen LogP contribution in [0.4, 0.5) is 11.4 Å². The first-order valence-electron chi connectivity index (χ1n) is 8.75. The van der Waals surface area contributed by atoms with Gasteiger partial charge in [0.05, 0.1) is 16.3 Å². The zero-order valence-electron chi connectivity index (χ0n) is 16.4. The molecule has 0 aromatic heterocycles. The van der Waals surface area contributed by atoms with Crippen LogP contribution in [-0.4, -0.2) is 17.2 Å². The highest BCUT2D eigenvalue weighted by Crippen LogP contribution is 2.24. The van der Waals surface area contributed by atoms with Gasteiger partial charge in [0.15, 0.2) is 0 Å². The van der Waals surface area contributed by atoms with Crippen molar-refractivity contribution < 1.29 is 17.2 Å². The molecule has 3 aromatic carbocycles. The summed E-state index contributed by atoms with van der Waals surface area (Å²) < 4.78 is 50.4. The summed E-state index contributed by atoms with van der Waals surface area (Å²) in [7, 11) is -3.78. The molecule has 0 amide bonds. The van der Waals surface area contributed by atoms with Gasteiger partial charge in [0.25, 0.3) is 10.0 Å². The van der Waals surface area contributed by atoms with Gasteiger partial charge < -0.3 is 9.27 Å². The summed E-state index contributed by atoms with van der Waals surface area (Å²) in [6.07, 6.45) is 0. The van der Waals surface area contributed by atoms with Crippen LogP contribution in [0.25, 0.3) is 0 Å². The number of hydrogen-bond acceptors (Lipinski definition) is 4. The number of nitrogens with one attached hydrogen (secondary N) is 2. The van der Waals surface area contributed by atoms with E-state index in [-0.39, 0.29) is 16.3 Å². The van der Waals surface area contributed by atoms with Crippen molar-refractivity contribution in [1.29, 1.82) is 0 Å². The zero-order chi connectivity index (χ0) is 21.4. The molecule has 0 saturated heterocycles. The Bertz CT molecular complexity index is 1040. The van der Waals surface area contributed by atoms with Gasteiger partial charge in [-0.3, -0.25) is 8.93 Å². The van der Waals surface area contributed by atoms with Crippen LogP contribution in [0, 0.1) is 20.8 Å². The van der Waals surface area contributed by atoms with Gasteiger partial charge in [0.2, 0.25) is 0 Å². The molecule has 6 nitrogen and oxygen atoms in total. The first-order chi connectivity index (χ1) is 13.7. The minimum absolute atomic E-state index is 0.103. The van der Waals surface area contributed by atoms with Crippen LogP contribution in [0.2, 0.25) is 0 Å². The van der Waals surface area contributed by atoms with Crippen molar-refractivity contribution in [3.63, 3.8) is 0 Å². The third-order valence-electron chi connectivity index (χ3n) is 3.91. The van der Waals surface area contributed by atoms with Gasteiger partial charge >= 0.3 is 0 Å². The fraction of sp³-hybridized carbons (Fsp3) is 0.143. The second-order valence-electron chi connectivity index (χ2n) is 6.46. The van der Waals surface area contributed by atoms with Crippen molar-refractivity contribution in [3.05, 3.63) is 89.5 Å². The first kappa shape index (κ1) is 22.6. The predicted octanol–water partition coefficient (Wildman–Crippen LogP) is 4.31. The van der Waals surface area contributed by atoms with Crippen molar-refractivity contribution in [2.45, 2.75) is 25.7 Å². The molecule has 0 radical (unpaired) electrons. The summed E-state index contributed by atoms with van der Waals surface area (Å²) in [6, 6.07) is 21.0. The molecular weight excluding hydrogens is 408 g/mol. The molecule has 0 aliphatic rings. The van der Waals surface area contributed by atoms with E-state index in [0.717, 1.165) is 5.56 Å². The fourth-order valence-electron chi connectivity index (χ4n) is 2.31. The molecular formula is C21H23N2O4S2-. The Hall–Kier alpha value is -2.68. The lowest BCUT2D eigenvalue weighted by Crippen LogP contribution is -2.15. The second kappa shape index (κ2) is 10.2. The quantitative estimate of drug-likeness (QED) is 0.588. The van der Waals surface area contributed by atoms with E-state index < -0.39 is 21.3 Å². The third-order valence-corrected chi connectivity index (χ3v) is 5.68. The van der Waals surface area contributed by atoms with Gasteiger partial charge in [-0.05, 0) is 45.0 Å². The van der Waals surface area contributed by atoms with Gasteiger partial charge in [-0.2, -0.15) is 0 Å². The molecule has 0 bridgehead atoms. The van der Waals surface area contributed by atoms with Crippen molar-refractivity contribution in [3.8, 4) is 0 Å². The molecule has 3 rings (SSSR count). The van der Waals surface area contributed by atoms with Crippen LogP contribution < -0.4 is 9.44 Å². The normalized spacial score (nSPS) is 11.7. The van der Waals surface area contributed by atoms with E-state index in [1.807, 2.05) is 6.92 Å². The molecule has 0 aliphatic carbocycles. The lowest BCUT2D eigenvalue weighted by atomic mass is 10.2. The molecule has 154 valence electrons. The maximum atomic E-state index is 12.3. The van der Waals surface area contributed by atoms with Gasteiger partial charge in [-0.25, -0.2) is 8.42 Å². The predicted molar refractivity (Wildman–Crippen MR) is 117 cm³/mol. The molecule has 29 heavy (non-hydrogen) atoms. The van der Waals surface area contributed by atoms with E-state index in [4.69, 9.17) is 0 Å². The molecule has 0 aliphatic heterocycles. The summed E-state index contributed by atoms with van der Waals surface area (Å²) in [6.45, 7) is 6.05. The molecule has 0 saturated carbocycles. The average Bonchev–Trinajstić information content (AvgIpc) is 2.66. The summed E-state index contributed by atoms with van der Waals surface area (Å²) >= 11 is -2.54. The van der Waals surface area contributed by atoms with Crippen molar-refractivity contribution in [1.82, 2.24) is 0 Å². The Morgan fingerprint density at radius 1 is 0.724 bits per heavy atom. The summed E-state index contributed by atoms with van der Waals surface area (Å²) in [5, 5.41) is 0. The zero-order valence-corrected chi connectivity index (χ0v) is 18.0. The molecule has 1 unspecified atom stereocenters. The SMILES string of the molecule is Cc1ccc(C)cc1.Cc1ccc(S(=O)(=O)Nc2ccccc2NS(=O)[O-])cc1. The molecule has 0 spiro atoms. The van der Waals surface area contributed by atoms with Crippen molar-refractivity contribution in [2.75, 3.05) is 9.44 Å². The van der Waals surface area contributed by atoms with Crippen LogP contribution >= 0.6 is 0 Å². The lowest BCUT2D eigenvalue weighted by Gasteiger charge is -2.15. The van der Waals surface area contributed by atoms with Crippen LogP contribution in [0.15, 0.2) is 77.7 Å².